The minimum Gasteiger partial charge on any atom is -0.438 e. The summed E-state index contributed by atoms with van der Waals surface area (Å²) in [6.07, 6.45) is -5.84. The summed E-state index contributed by atoms with van der Waals surface area (Å²) >= 11 is 0. The van der Waals surface area contributed by atoms with Crippen LogP contribution in [0.15, 0.2) is 24.4 Å². The highest BCUT2D eigenvalue weighted by atomic mass is 19.4. The highest BCUT2D eigenvalue weighted by Gasteiger charge is 2.44. The first kappa shape index (κ1) is 10.5. The maximum atomic E-state index is 12.2. The van der Waals surface area contributed by atoms with Gasteiger partial charge in [-0.1, -0.05) is 6.07 Å². The Morgan fingerprint density at radius 1 is 1.43 bits per heavy atom. The van der Waals surface area contributed by atoms with E-state index in [0.29, 0.717) is 0 Å². The van der Waals surface area contributed by atoms with E-state index in [2.05, 4.69) is 9.72 Å². The fraction of sp³-hybridized carbons (Fsp3) is 0.250. The van der Waals surface area contributed by atoms with Crippen LogP contribution in [0.25, 0.3) is 0 Å². The molecule has 1 atom stereocenters. The van der Waals surface area contributed by atoms with Crippen molar-refractivity contribution in [3.05, 3.63) is 30.1 Å². The van der Waals surface area contributed by atoms with Crippen molar-refractivity contribution in [2.24, 2.45) is 0 Å². The highest BCUT2D eigenvalue weighted by molar-refractivity contribution is 5.39. The first-order chi connectivity index (χ1) is 6.55. The van der Waals surface area contributed by atoms with Crippen molar-refractivity contribution in [3.63, 3.8) is 0 Å². The topological polar surface area (TPSA) is 39.2 Å². The summed E-state index contributed by atoms with van der Waals surface area (Å²) in [6.45, 7) is 0.763. The van der Waals surface area contributed by atoms with Gasteiger partial charge in [0.2, 0.25) is 6.10 Å². The standard InChI is InChI=1S/C8H5F3NO2/c9-8(10,11)7(14-5-13)6-3-1-2-4-12-6/h1-4,7H. The Hall–Kier alpha value is -1.59. The molecule has 1 aromatic heterocycles. The number of rotatable bonds is 3. The number of alkyl halides is 3. The Bertz CT molecular complexity index is 299. The van der Waals surface area contributed by atoms with Crippen LogP contribution in [0.3, 0.4) is 0 Å². The van der Waals surface area contributed by atoms with Crippen LogP contribution in [-0.4, -0.2) is 17.6 Å². The fourth-order valence-corrected chi connectivity index (χ4v) is 0.874. The molecular formula is C8H5F3NO2. The van der Waals surface area contributed by atoms with Gasteiger partial charge in [-0.25, -0.2) is 4.79 Å². The van der Waals surface area contributed by atoms with Crippen molar-refractivity contribution in [1.29, 1.82) is 0 Å². The number of halogens is 3. The number of carbonyl (C=O) groups excluding carboxylic acids is 1. The second kappa shape index (κ2) is 4.08. The molecule has 1 unspecified atom stereocenters. The van der Waals surface area contributed by atoms with Gasteiger partial charge in [0.1, 0.15) is 0 Å². The second-order valence-corrected chi connectivity index (χ2v) is 2.38. The van der Waals surface area contributed by atoms with Crippen molar-refractivity contribution in [3.8, 4) is 0 Å². The molecule has 0 spiro atoms. The molecule has 0 fully saturated rings. The van der Waals surface area contributed by atoms with Gasteiger partial charge >= 0.3 is 12.6 Å². The lowest BCUT2D eigenvalue weighted by atomic mass is 10.2. The van der Waals surface area contributed by atoms with E-state index < -0.39 is 12.3 Å². The smallest absolute Gasteiger partial charge is 0.431 e. The SMILES string of the molecule is O=[C]OC(c1ccccn1)C(F)(F)F. The number of hydrogen-bond donors (Lipinski definition) is 0. The van der Waals surface area contributed by atoms with E-state index in [0.717, 1.165) is 12.5 Å². The zero-order valence-corrected chi connectivity index (χ0v) is 6.78. The molecule has 0 aliphatic heterocycles. The Morgan fingerprint density at radius 3 is 2.57 bits per heavy atom. The van der Waals surface area contributed by atoms with Gasteiger partial charge in [-0.3, -0.25) is 4.98 Å². The number of nitrogens with zero attached hydrogens (tertiary/aromatic N) is 1. The number of aromatic nitrogens is 1. The van der Waals surface area contributed by atoms with Crippen LogP contribution in [0.2, 0.25) is 0 Å². The Labute approximate surface area is 77.5 Å². The number of ether oxygens (including phenoxy) is 1. The zero-order chi connectivity index (χ0) is 10.6. The van der Waals surface area contributed by atoms with Crippen LogP contribution in [0, 0.1) is 0 Å². The van der Waals surface area contributed by atoms with Crippen LogP contribution < -0.4 is 0 Å². The summed E-state index contributed by atoms with van der Waals surface area (Å²) < 4.78 is 40.5. The van der Waals surface area contributed by atoms with Gasteiger partial charge in [0, 0.05) is 6.20 Å². The van der Waals surface area contributed by atoms with Gasteiger partial charge in [0.05, 0.1) is 5.69 Å². The van der Waals surface area contributed by atoms with Gasteiger partial charge in [-0.15, -0.1) is 0 Å². The van der Waals surface area contributed by atoms with E-state index in [1.54, 1.807) is 0 Å². The summed E-state index contributed by atoms with van der Waals surface area (Å²) in [6, 6.07) is 3.95. The Balaban J connectivity index is 2.95. The van der Waals surface area contributed by atoms with Crippen LogP contribution in [0.4, 0.5) is 13.2 Å². The molecule has 14 heavy (non-hydrogen) atoms. The highest BCUT2D eigenvalue weighted by Crippen LogP contribution is 2.33. The summed E-state index contributed by atoms with van der Waals surface area (Å²) in [5.74, 6) is 0. The molecule has 1 heterocycles. The van der Waals surface area contributed by atoms with E-state index in [4.69, 9.17) is 0 Å². The third-order valence-electron chi connectivity index (χ3n) is 1.42. The van der Waals surface area contributed by atoms with Crippen LogP contribution >= 0.6 is 0 Å². The van der Waals surface area contributed by atoms with Gasteiger partial charge < -0.3 is 4.74 Å². The van der Waals surface area contributed by atoms with Gasteiger partial charge in [0.15, 0.2) is 0 Å². The van der Waals surface area contributed by atoms with Gasteiger partial charge in [-0.2, -0.15) is 13.2 Å². The molecule has 0 saturated carbocycles. The summed E-state index contributed by atoms with van der Waals surface area (Å²) in [5.41, 5.74) is -0.372. The zero-order valence-electron chi connectivity index (χ0n) is 6.78. The van der Waals surface area contributed by atoms with E-state index in [9.17, 15) is 18.0 Å². The molecule has 0 amide bonds. The lowest BCUT2D eigenvalue weighted by molar-refractivity contribution is -0.202. The molecule has 1 aromatic rings. The molecule has 3 nitrogen and oxygen atoms in total. The fourth-order valence-electron chi connectivity index (χ4n) is 0.874. The molecule has 0 aliphatic carbocycles. The van der Waals surface area contributed by atoms with Crippen LogP contribution in [-0.2, 0) is 9.53 Å². The normalized spacial score (nSPS) is 13.4. The third kappa shape index (κ3) is 2.45. The molecular weight excluding hydrogens is 199 g/mol. The monoisotopic (exact) mass is 204 g/mol. The summed E-state index contributed by atoms with van der Waals surface area (Å²) in [4.78, 5) is 13.2. The Kier molecular flexibility index (Phi) is 3.06. The first-order valence-corrected chi connectivity index (χ1v) is 3.56. The molecule has 0 aliphatic rings. The quantitative estimate of drug-likeness (QED) is 0.753. The minimum absolute atomic E-state index is 0.372. The van der Waals surface area contributed by atoms with Crippen molar-refractivity contribution < 1.29 is 22.7 Å². The van der Waals surface area contributed by atoms with Crippen LogP contribution in [0.1, 0.15) is 11.8 Å². The van der Waals surface area contributed by atoms with Gasteiger partial charge in [0.25, 0.3) is 0 Å². The maximum absolute atomic E-state index is 12.2. The van der Waals surface area contributed by atoms with E-state index in [1.165, 1.54) is 18.3 Å². The molecule has 0 aromatic carbocycles. The largest absolute Gasteiger partial charge is 0.438 e. The first-order valence-electron chi connectivity index (χ1n) is 3.56. The molecule has 0 bridgehead atoms. The molecule has 0 saturated heterocycles. The molecule has 1 radical (unpaired) electrons. The maximum Gasteiger partial charge on any atom is 0.431 e. The summed E-state index contributed by atoms with van der Waals surface area (Å²) in [7, 11) is 0. The predicted molar refractivity (Wildman–Crippen MR) is 39.8 cm³/mol. The molecule has 0 N–H and O–H groups in total. The van der Waals surface area contributed by atoms with E-state index in [1.807, 2.05) is 0 Å². The summed E-state index contributed by atoms with van der Waals surface area (Å²) in [5, 5.41) is 0. The lowest BCUT2D eigenvalue weighted by Crippen LogP contribution is -2.24. The molecule has 6 heteroatoms. The predicted octanol–water partition coefficient (Wildman–Crippen LogP) is 1.77. The minimum atomic E-state index is -4.67. The van der Waals surface area contributed by atoms with Crippen molar-refractivity contribution >= 4 is 6.47 Å². The van der Waals surface area contributed by atoms with Crippen LogP contribution in [0.5, 0.6) is 0 Å². The molecule has 75 valence electrons. The second-order valence-electron chi connectivity index (χ2n) is 2.38. The average molecular weight is 204 g/mol. The molecule has 1 rings (SSSR count). The van der Waals surface area contributed by atoms with Crippen molar-refractivity contribution in [1.82, 2.24) is 4.98 Å². The third-order valence-corrected chi connectivity index (χ3v) is 1.42. The number of pyridine rings is 1. The van der Waals surface area contributed by atoms with E-state index in [-0.39, 0.29) is 5.69 Å². The van der Waals surface area contributed by atoms with E-state index >= 15 is 0 Å². The van der Waals surface area contributed by atoms with Gasteiger partial charge in [-0.05, 0) is 12.1 Å². The lowest BCUT2D eigenvalue weighted by Gasteiger charge is -2.16. The van der Waals surface area contributed by atoms with Crippen molar-refractivity contribution in [2.45, 2.75) is 12.3 Å². The Morgan fingerprint density at radius 2 is 2.14 bits per heavy atom. The average Bonchev–Trinajstić information content (AvgIpc) is 2.14. The van der Waals surface area contributed by atoms with Crippen molar-refractivity contribution in [2.75, 3.05) is 0 Å². The number of hydrogen-bond acceptors (Lipinski definition) is 3.